The van der Waals surface area contributed by atoms with Crippen LogP contribution in [-0.4, -0.2) is 10.9 Å². The van der Waals surface area contributed by atoms with Crippen LogP contribution in [0.2, 0.25) is 0 Å². The predicted octanol–water partition coefficient (Wildman–Crippen LogP) is 3.44. The monoisotopic (exact) mass is 258 g/mol. The Morgan fingerprint density at radius 1 is 1.44 bits per heavy atom. The summed E-state index contributed by atoms with van der Waals surface area (Å²) in [5.41, 5.74) is 6.50. The molecule has 0 spiro atoms. The Bertz CT molecular complexity index is 409. The van der Waals surface area contributed by atoms with Crippen molar-refractivity contribution < 1.29 is 13.2 Å². The fourth-order valence-corrected chi connectivity index (χ4v) is 2.60. The van der Waals surface area contributed by atoms with E-state index in [0.717, 1.165) is 12.6 Å². The van der Waals surface area contributed by atoms with Crippen LogP contribution in [0.4, 0.5) is 13.2 Å². The second kappa shape index (κ2) is 5.26. The summed E-state index contributed by atoms with van der Waals surface area (Å²) in [5, 5.41) is 0. The van der Waals surface area contributed by atoms with Gasteiger partial charge in [0.25, 0.3) is 0 Å². The molecule has 2 unspecified atom stereocenters. The maximum atomic E-state index is 13.3. The number of aromatic nitrogens is 1. The lowest BCUT2D eigenvalue weighted by Gasteiger charge is -2.30. The van der Waals surface area contributed by atoms with Crippen LogP contribution in [0.5, 0.6) is 0 Å². The van der Waals surface area contributed by atoms with Gasteiger partial charge in [-0.15, -0.1) is 0 Å². The summed E-state index contributed by atoms with van der Waals surface area (Å²) < 4.78 is 39.5. The first-order chi connectivity index (χ1) is 8.46. The number of nitrogens with zero attached hydrogens (tertiary/aromatic N) is 1. The van der Waals surface area contributed by atoms with E-state index < -0.39 is 17.8 Å². The zero-order valence-electron chi connectivity index (χ0n) is 10.1. The van der Waals surface area contributed by atoms with Crippen LogP contribution in [0.3, 0.4) is 0 Å². The minimum absolute atomic E-state index is 0.0275. The van der Waals surface area contributed by atoms with E-state index in [1.54, 1.807) is 0 Å². The highest BCUT2D eigenvalue weighted by Crippen LogP contribution is 2.39. The molecule has 18 heavy (non-hydrogen) atoms. The van der Waals surface area contributed by atoms with Gasteiger partial charge in [0, 0.05) is 25.1 Å². The quantitative estimate of drug-likeness (QED) is 0.902. The van der Waals surface area contributed by atoms with Crippen molar-refractivity contribution in [3.05, 3.63) is 29.8 Å². The number of pyridine rings is 1. The van der Waals surface area contributed by atoms with Crippen LogP contribution in [0.15, 0.2) is 18.5 Å². The van der Waals surface area contributed by atoms with Gasteiger partial charge in [-0.2, -0.15) is 0 Å². The largest absolute Gasteiger partial charge is 0.324 e. The maximum absolute atomic E-state index is 13.3. The molecule has 1 fully saturated rings. The van der Waals surface area contributed by atoms with Crippen LogP contribution in [0.1, 0.15) is 43.7 Å². The van der Waals surface area contributed by atoms with Crippen LogP contribution in [-0.2, 0) is 0 Å². The first kappa shape index (κ1) is 13.3. The molecule has 0 bridgehead atoms. The first-order valence-corrected chi connectivity index (χ1v) is 6.20. The fraction of sp³-hybridized carbons (Fsp3) is 0.615. The van der Waals surface area contributed by atoms with Gasteiger partial charge in [-0.05, 0) is 36.8 Å². The molecule has 0 aliphatic heterocycles. The lowest BCUT2D eigenvalue weighted by atomic mass is 9.82. The highest BCUT2D eigenvalue weighted by molar-refractivity contribution is 5.14. The van der Waals surface area contributed by atoms with E-state index >= 15 is 0 Å². The summed E-state index contributed by atoms with van der Waals surface area (Å²) in [6.45, 7) is 0. The standard InChI is InChI=1S/C13H17F3N2/c14-11-5-10(7-18-8-11)12(17)4-9-2-1-3-13(15,16)6-9/h5,7-9,12H,1-4,6,17H2. The molecule has 1 saturated carbocycles. The Morgan fingerprint density at radius 3 is 2.89 bits per heavy atom. The third kappa shape index (κ3) is 3.45. The minimum atomic E-state index is -2.57. The van der Waals surface area contributed by atoms with Crippen molar-refractivity contribution in [1.29, 1.82) is 0 Å². The van der Waals surface area contributed by atoms with E-state index in [9.17, 15) is 13.2 Å². The zero-order chi connectivity index (χ0) is 13.2. The average Bonchev–Trinajstić information content (AvgIpc) is 2.27. The third-order valence-electron chi connectivity index (χ3n) is 3.48. The highest BCUT2D eigenvalue weighted by Gasteiger charge is 2.36. The van der Waals surface area contributed by atoms with Gasteiger partial charge in [-0.3, -0.25) is 4.98 Å². The Labute approximate surface area is 104 Å². The highest BCUT2D eigenvalue weighted by atomic mass is 19.3. The maximum Gasteiger partial charge on any atom is 0.248 e. The Hall–Kier alpha value is -1.10. The molecule has 1 aliphatic rings. The van der Waals surface area contributed by atoms with E-state index in [1.807, 2.05) is 0 Å². The van der Waals surface area contributed by atoms with Gasteiger partial charge in [0.2, 0.25) is 5.92 Å². The normalized spacial score (nSPS) is 24.8. The average molecular weight is 258 g/mol. The summed E-state index contributed by atoms with van der Waals surface area (Å²) in [6, 6.07) is 0.894. The van der Waals surface area contributed by atoms with Crippen molar-refractivity contribution in [3.8, 4) is 0 Å². The molecule has 5 heteroatoms. The Balaban J connectivity index is 1.97. The number of halogens is 3. The van der Waals surface area contributed by atoms with Gasteiger partial charge in [0.15, 0.2) is 0 Å². The molecule has 0 aromatic carbocycles. The van der Waals surface area contributed by atoms with E-state index in [-0.39, 0.29) is 18.8 Å². The van der Waals surface area contributed by atoms with Gasteiger partial charge in [-0.25, -0.2) is 13.2 Å². The summed E-state index contributed by atoms with van der Waals surface area (Å²) >= 11 is 0. The van der Waals surface area contributed by atoms with Crippen molar-refractivity contribution in [3.63, 3.8) is 0 Å². The minimum Gasteiger partial charge on any atom is -0.324 e. The van der Waals surface area contributed by atoms with Crippen LogP contribution < -0.4 is 5.73 Å². The second-order valence-corrected chi connectivity index (χ2v) is 5.10. The number of rotatable bonds is 3. The van der Waals surface area contributed by atoms with E-state index in [4.69, 9.17) is 5.73 Å². The van der Waals surface area contributed by atoms with E-state index in [2.05, 4.69) is 4.98 Å². The molecular weight excluding hydrogens is 241 g/mol. The van der Waals surface area contributed by atoms with E-state index in [0.29, 0.717) is 18.4 Å². The molecule has 1 heterocycles. The zero-order valence-corrected chi connectivity index (χ0v) is 10.1. The number of hydrogen-bond donors (Lipinski definition) is 1. The molecular formula is C13H17F3N2. The van der Waals surface area contributed by atoms with Crippen molar-refractivity contribution in [2.24, 2.45) is 11.7 Å². The Morgan fingerprint density at radius 2 is 2.22 bits per heavy atom. The van der Waals surface area contributed by atoms with Crippen molar-refractivity contribution >= 4 is 0 Å². The smallest absolute Gasteiger partial charge is 0.248 e. The number of hydrogen-bond acceptors (Lipinski definition) is 2. The summed E-state index contributed by atoms with van der Waals surface area (Å²) in [7, 11) is 0. The summed E-state index contributed by atoms with van der Waals surface area (Å²) in [6.07, 6.45) is 4.22. The lowest BCUT2D eigenvalue weighted by Crippen LogP contribution is -2.28. The van der Waals surface area contributed by atoms with Gasteiger partial charge in [0.1, 0.15) is 5.82 Å². The van der Waals surface area contributed by atoms with Crippen molar-refractivity contribution in [1.82, 2.24) is 4.98 Å². The summed E-state index contributed by atoms with van der Waals surface area (Å²) in [5.74, 6) is -3.10. The molecule has 2 nitrogen and oxygen atoms in total. The fourth-order valence-electron chi connectivity index (χ4n) is 2.60. The molecule has 2 rings (SSSR count). The van der Waals surface area contributed by atoms with E-state index in [1.165, 1.54) is 12.3 Å². The number of alkyl halides is 2. The van der Waals surface area contributed by atoms with Gasteiger partial charge in [0.05, 0.1) is 6.20 Å². The molecule has 2 N–H and O–H groups in total. The third-order valence-corrected chi connectivity index (χ3v) is 3.48. The molecule has 100 valence electrons. The molecule has 1 aromatic heterocycles. The summed E-state index contributed by atoms with van der Waals surface area (Å²) in [4.78, 5) is 3.72. The molecule has 0 saturated heterocycles. The van der Waals surface area contributed by atoms with Gasteiger partial charge >= 0.3 is 0 Å². The molecule has 2 atom stereocenters. The first-order valence-electron chi connectivity index (χ1n) is 6.20. The SMILES string of the molecule is NC(CC1CCCC(F)(F)C1)c1cncc(F)c1. The topological polar surface area (TPSA) is 38.9 Å². The Kier molecular flexibility index (Phi) is 3.90. The van der Waals surface area contributed by atoms with Crippen LogP contribution in [0, 0.1) is 11.7 Å². The number of nitrogens with two attached hydrogens (primary N) is 1. The van der Waals surface area contributed by atoms with Crippen molar-refractivity contribution in [2.45, 2.75) is 44.1 Å². The lowest BCUT2D eigenvalue weighted by molar-refractivity contribution is -0.0543. The molecule has 1 aromatic rings. The molecule has 0 radical (unpaired) electrons. The van der Waals surface area contributed by atoms with Crippen LogP contribution >= 0.6 is 0 Å². The molecule has 1 aliphatic carbocycles. The van der Waals surface area contributed by atoms with Gasteiger partial charge < -0.3 is 5.73 Å². The van der Waals surface area contributed by atoms with Gasteiger partial charge in [-0.1, -0.05) is 0 Å². The van der Waals surface area contributed by atoms with Crippen molar-refractivity contribution in [2.75, 3.05) is 0 Å². The predicted molar refractivity (Wildman–Crippen MR) is 62.6 cm³/mol. The van der Waals surface area contributed by atoms with Crippen LogP contribution in [0.25, 0.3) is 0 Å². The molecule has 0 amide bonds. The second-order valence-electron chi connectivity index (χ2n) is 5.10.